The number of hydrogen-bond acceptors (Lipinski definition) is 4. The fourth-order valence-corrected chi connectivity index (χ4v) is 2.05. The first-order valence-corrected chi connectivity index (χ1v) is 6.79. The summed E-state index contributed by atoms with van der Waals surface area (Å²) in [4.78, 5) is 24.4. The van der Waals surface area contributed by atoms with E-state index in [2.05, 4.69) is 5.32 Å². The first-order valence-electron chi connectivity index (χ1n) is 6.41. The number of rotatable bonds is 4. The minimum absolute atomic E-state index is 0.117. The number of nitrogens with one attached hydrogen (secondary N) is 1. The second kappa shape index (κ2) is 6.44. The summed E-state index contributed by atoms with van der Waals surface area (Å²) in [6, 6.07) is 11.0. The topological polar surface area (TPSA) is 75.5 Å². The van der Waals surface area contributed by atoms with Crippen LogP contribution in [0.3, 0.4) is 0 Å². The summed E-state index contributed by atoms with van der Waals surface area (Å²) in [7, 11) is 3.41. The number of amides is 1. The van der Waals surface area contributed by atoms with Gasteiger partial charge in [0.25, 0.3) is 11.6 Å². The number of nitrogens with zero attached hydrogens (tertiary/aromatic N) is 2. The van der Waals surface area contributed by atoms with Crippen LogP contribution in [0.2, 0.25) is 5.02 Å². The molecule has 0 aliphatic rings. The Hall–Kier alpha value is -2.60. The summed E-state index contributed by atoms with van der Waals surface area (Å²) < 4.78 is 0. The molecule has 2 aromatic rings. The molecular weight excluding hydrogens is 306 g/mol. The zero-order valence-corrected chi connectivity index (χ0v) is 12.8. The van der Waals surface area contributed by atoms with Crippen molar-refractivity contribution in [1.29, 1.82) is 0 Å². The van der Waals surface area contributed by atoms with Crippen LogP contribution in [0.4, 0.5) is 17.1 Å². The van der Waals surface area contributed by atoms with E-state index in [-0.39, 0.29) is 11.3 Å². The molecule has 0 fully saturated rings. The van der Waals surface area contributed by atoms with Gasteiger partial charge in [-0.25, -0.2) is 0 Å². The average molecular weight is 320 g/mol. The van der Waals surface area contributed by atoms with Gasteiger partial charge in [-0.15, -0.1) is 0 Å². The molecule has 114 valence electrons. The number of halogens is 1. The highest BCUT2D eigenvalue weighted by Gasteiger charge is 2.18. The fourth-order valence-electron chi connectivity index (χ4n) is 1.93. The normalized spacial score (nSPS) is 10.1. The first kappa shape index (κ1) is 15.8. The van der Waals surface area contributed by atoms with E-state index in [1.165, 1.54) is 6.07 Å². The van der Waals surface area contributed by atoms with Gasteiger partial charge in [-0.05, 0) is 36.4 Å². The number of carbonyl (C=O) groups is 1. The lowest BCUT2D eigenvalue weighted by molar-refractivity contribution is -0.384. The molecule has 0 saturated carbocycles. The van der Waals surface area contributed by atoms with Crippen molar-refractivity contribution in [3.8, 4) is 0 Å². The standard InChI is InChI=1S/C15H14ClN3O3/c1-18(2)13-8-3-10(9-14(13)19(21)22)15(20)17-12-6-4-11(16)5-7-12/h3-9H,1-2H3,(H,17,20). The van der Waals surface area contributed by atoms with Crippen molar-refractivity contribution in [3.05, 3.63) is 63.2 Å². The summed E-state index contributed by atoms with van der Waals surface area (Å²) in [6.45, 7) is 0. The molecule has 0 spiro atoms. The Balaban J connectivity index is 2.28. The lowest BCUT2D eigenvalue weighted by Gasteiger charge is -2.13. The van der Waals surface area contributed by atoms with Gasteiger partial charge in [0.15, 0.2) is 0 Å². The first-order chi connectivity index (χ1) is 10.4. The van der Waals surface area contributed by atoms with Crippen molar-refractivity contribution in [2.45, 2.75) is 0 Å². The molecule has 0 saturated heterocycles. The minimum atomic E-state index is -0.506. The molecule has 6 nitrogen and oxygen atoms in total. The predicted molar refractivity (Wildman–Crippen MR) is 86.8 cm³/mol. The third-order valence-electron chi connectivity index (χ3n) is 3.02. The number of hydrogen-bond donors (Lipinski definition) is 1. The van der Waals surface area contributed by atoms with E-state index in [0.29, 0.717) is 16.4 Å². The molecule has 1 N–H and O–H groups in total. The second-order valence-electron chi connectivity index (χ2n) is 4.82. The SMILES string of the molecule is CN(C)c1ccc(C(=O)Nc2ccc(Cl)cc2)cc1[N+](=O)[O-]. The molecule has 0 unspecified atom stereocenters. The maximum absolute atomic E-state index is 12.2. The van der Waals surface area contributed by atoms with Crippen LogP contribution in [0.15, 0.2) is 42.5 Å². The molecule has 0 aliphatic carbocycles. The number of nitro benzene ring substituents is 1. The molecule has 0 aliphatic heterocycles. The van der Waals surface area contributed by atoms with Crippen LogP contribution in [0, 0.1) is 10.1 Å². The molecule has 0 aromatic heterocycles. The molecule has 2 aromatic carbocycles. The summed E-state index contributed by atoms with van der Waals surface area (Å²) >= 11 is 5.78. The van der Waals surface area contributed by atoms with Gasteiger partial charge in [0, 0.05) is 36.4 Å². The van der Waals surface area contributed by atoms with Gasteiger partial charge >= 0.3 is 0 Å². The quantitative estimate of drug-likeness (QED) is 0.690. The van der Waals surface area contributed by atoms with E-state index in [9.17, 15) is 14.9 Å². The molecular formula is C15H14ClN3O3. The average Bonchev–Trinajstić information content (AvgIpc) is 2.48. The Morgan fingerprint density at radius 2 is 1.82 bits per heavy atom. The van der Waals surface area contributed by atoms with Gasteiger partial charge in [0.1, 0.15) is 5.69 Å². The molecule has 0 atom stereocenters. The zero-order chi connectivity index (χ0) is 16.3. The van der Waals surface area contributed by atoms with Gasteiger partial charge < -0.3 is 10.2 Å². The molecule has 7 heteroatoms. The molecule has 1 amide bonds. The van der Waals surface area contributed by atoms with Crippen molar-refractivity contribution < 1.29 is 9.72 Å². The van der Waals surface area contributed by atoms with Crippen LogP contribution in [0.1, 0.15) is 10.4 Å². The Morgan fingerprint density at radius 3 is 2.36 bits per heavy atom. The van der Waals surface area contributed by atoms with Gasteiger partial charge in [-0.3, -0.25) is 14.9 Å². The largest absolute Gasteiger partial charge is 0.372 e. The number of benzene rings is 2. The van der Waals surface area contributed by atoms with E-state index in [1.807, 2.05) is 0 Å². The number of carbonyl (C=O) groups excluding carboxylic acids is 1. The van der Waals surface area contributed by atoms with Crippen molar-refractivity contribution >= 4 is 34.6 Å². The molecule has 22 heavy (non-hydrogen) atoms. The third-order valence-corrected chi connectivity index (χ3v) is 3.27. The van der Waals surface area contributed by atoms with Crippen LogP contribution >= 0.6 is 11.6 Å². The molecule has 2 rings (SSSR count). The fraction of sp³-hybridized carbons (Fsp3) is 0.133. The Bertz CT molecular complexity index is 714. The van der Waals surface area contributed by atoms with Crippen LogP contribution < -0.4 is 10.2 Å². The Labute approximate surface area is 132 Å². The van der Waals surface area contributed by atoms with Gasteiger partial charge in [-0.2, -0.15) is 0 Å². The van der Waals surface area contributed by atoms with Gasteiger partial charge in [0.2, 0.25) is 0 Å². The number of nitro groups is 1. The van der Waals surface area contributed by atoms with Gasteiger partial charge in [-0.1, -0.05) is 11.6 Å². The van der Waals surface area contributed by atoms with Crippen LogP contribution in [0.25, 0.3) is 0 Å². The summed E-state index contributed by atoms with van der Waals surface area (Å²) in [6.07, 6.45) is 0. The van der Waals surface area contributed by atoms with Crippen LogP contribution in [-0.4, -0.2) is 24.9 Å². The maximum atomic E-state index is 12.2. The lowest BCUT2D eigenvalue weighted by Crippen LogP contribution is -2.14. The molecule has 0 heterocycles. The highest BCUT2D eigenvalue weighted by atomic mass is 35.5. The second-order valence-corrected chi connectivity index (χ2v) is 5.25. The van der Waals surface area contributed by atoms with Crippen molar-refractivity contribution in [2.24, 2.45) is 0 Å². The minimum Gasteiger partial charge on any atom is -0.372 e. The summed E-state index contributed by atoms with van der Waals surface area (Å²) in [5.74, 6) is -0.421. The van der Waals surface area contributed by atoms with E-state index in [1.54, 1.807) is 55.4 Å². The van der Waals surface area contributed by atoms with E-state index < -0.39 is 10.8 Å². The smallest absolute Gasteiger partial charge is 0.293 e. The monoisotopic (exact) mass is 319 g/mol. The summed E-state index contributed by atoms with van der Waals surface area (Å²) in [5.41, 5.74) is 1.10. The molecule has 0 bridgehead atoms. The highest BCUT2D eigenvalue weighted by molar-refractivity contribution is 6.30. The maximum Gasteiger partial charge on any atom is 0.293 e. The van der Waals surface area contributed by atoms with Crippen molar-refractivity contribution in [1.82, 2.24) is 0 Å². The zero-order valence-electron chi connectivity index (χ0n) is 12.0. The predicted octanol–water partition coefficient (Wildman–Crippen LogP) is 3.57. The van der Waals surface area contributed by atoms with Crippen LogP contribution in [0.5, 0.6) is 0 Å². The highest BCUT2D eigenvalue weighted by Crippen LogP contribution is 2.28. The van der Waals surface area contributed by atoms with Crippen molar-refractivity contribution in [3.63, 3.8) is 0 Å². The van der Waals surface area contributed by atoms with Crippen LogP contribution in [-0.2, 0) is 0 Å². The third kappa shape index (κ3) is 3.53. The Morgan fingerprint density at radius 1 is 1.18 bits per heavy atom. The van der Waals surface area contributed by atoms with Crippen molar-refractivity contribution in [2.75, 3.05) is 24.3 Å². The van der Waals surface area contributed by atoms with E-state index in [0.717, 1.165) is 0 Å². The summed E-state index contributed by atoms with van der Waals surface area (Å²) in [5, 5.41) is 14.4. The van der Waals surface area contributed by atoms with E-state index in [4.69, 9.17) is 11.6 Å². The Kier molecular flexibility index (Phi) is 4.62. The van der Waals surface area contributed by atoms with Gasteiger partial charge in [0.05, 0.1) is 4.92 Å². The number of anilines is 2. The van der Waals surface area contributed by atoms with E-state index >= 15 is 0 Å². The lowest BCUT2D eigenvalue weighted by atomic mass is 10.1. The molecule has 0 radical (unpaired) electrons.